The van der Waals surface area contributed by atoms with E-state index in [4.69, 9.17) is 16.3 Å². The van der Waals surface area contributed by atoms with Crippen LogP contribution in [0.2, 0.25) is 5.02 Å². The third-order valence-electron chi connectivity index (χ3n) is 5.00. The number of hydrogen-bond donors (Lipinski definition) is 1. The van der Waals surface area contributed by atoms with E-state index in [0.717, 1.165) is 32.1 Å². The Morgan fingerprint density at radius 1 is 1.13 bits per heavy atom. The highest BCUT2D eigenvalue weighted by molar-refractivity contribution is 7.89. The molecule has 0 aliphatic carbocycles. The Labute approximate surface area is 183 Å². The molecule has 0 spiro atoms. The van der Waals surface area contributed by atoms with Gasteiger partial charge in [0.2, 0.25) is 10.0 Å². The Kier molecular flexibility index (Phi) is 7.75. The normalized spacial score (nSPS) is 14.6. The second-order valence-corrected chi connectivity index (χ2v) is 9.68. The molecule has 2 aromatic carbocycles. The van der Waals surface area contributed by atoms with Crippen LogP contribution in [0, 0.1) is 0 Å². The molecular weight excluding hydrogens is 424 g/mol. The molecule has 30 heavy (non-hydrogen) atoms. The maximum atomic E-state index is 12.9. The summed E-state index contributed by atoms with van der Waals surface area (Å²) in [5.74, 6) is -0.243. The molecule has 0 atom stereocenters. The SMILES string of the molecule is CCCCc1ccc(NC(=O)COc2ccc(Cl)cc2S(=O)(=O)N2CCCC2)cc1. The first-order chi connectivity index (χ1) is 14.4. The number of anilines is 1. The maximum Gasteiger partial charge on any atom is 0.262 e. The molecule has 1 heterocycles. The molecule has 1 amide bonds. The summed E-state index contributed by atoms with van der Waals surface area (Å²) in [6, 6.07) is 12.1. The van der Waals surface area contributed by atoms with Crippen LogP contribution in [0.3, 0.4) is 0 Å². The van der Waals surface area contributed by atoms with Crippen molar-refractivity contribution in [3.63, 3.8) is 0 Å². The quantitative estimate of drug-likeness (QED) is 0.610. The monoisotopic (exact) mass is 450 g/mol. The standard InChI is InChI=1S/C22H27ClN2O4S/c1-2-3-6-17-7-10-19(11-8-17)24-22(26)16-29-20-12-9-18(23)15-21(20)30(27,28)25-13-4-5-14-25/h7-12,15H,2-6,13-14,16H2,1H3,(H,24,26). The highest BCUT2D eigenvalue weighted by Gasteiger charge is 2.30. The van der Waals surface area contributed by atoms with Crippen molar-refractivity contribution in [3.8, 4) is 5.75 Å². The third-order valence-corrected chi connectivity index (χ3v) is 7.16. The van der Waals surface area contributed by atoms with Gasteiger partial charge in [-0.05, 0) is 61.6 Å². The molecular formula is C22H27ClN2O4S. The fourth-order valence-electron chi connectivity index (χ4n) is 3.35. The van der Waals surface area contributed by atoms with Gasteiger partial charge in [0, 0.05) is 23.8 Å². The van der Waals surface area contributed by atoms with Crippen molar-refractivity contribution < 1.29 is 17.9 Å². The van der Waals surface area contributed by atoms with Gasteiger partial charge in [0.25, 0.3) is 5.91 Å². The lowest BCUT2D eigenvalue weighted by molar-refractivity contribution is -0.118. The Balaban J connectivity index is 1.65. The van der Waals surface area contributed by atoms with Gasteiger partial charge < -0.3 is 10.1 Å². The molecule has 3 rings (SSSR count). The predicted molar refractivity (Wildman–Crippen MR) is 119 cm³/mol. The number of nitrogens with zero attached hydrogens (tertiary/aromatic N) is 1. The molecule has 1 saturated heterocycles. The minimum absolute atomic E-state index is 0.00928. The average molecular weight is 451 g/mol. The van der Waals surface area contributed by atoms with Crippen LogP contribution in [0.15, 0.2) is 47.4 Å². The molecule has 0 aromatic heterocycles. The lowest BCUT2D eigenvalue weighted by Gasteiger charge is -2.18. The number of sulfonamides is 1. The molecule has 1 fully saturated rings. The number of unbranched alkanes of at least 4 members (excludes halogenated alkanes) is 1. The number of halogens is 1. The minimum Gasteiger partial charge on any atom is -0.482 e. The predicted octanol–water partition coefficient (Wildman–Crippen LogP) is 4.48. The molecule has 1 N–H and O–H groups in total. The van der Waals surface area contributed by atoms with Crippen molar-refractivity contribution in [1.82, 2.24) is 4.31 Å². The van der Waals surface area contributed by atoms with Gasteiger partial charge in [-0.2, -0.15) is 4.31 Å². The summed E-state index contributed by atoms with van der Waals surface area (Å²) in [5.41, 5.74) is 1.90. The summed E-state index contributed by atoms with van der Waals surface area (Å²) < 4.78 is 32.9. The first-order valence-corrected chi connectivity index (χ1v) is 12.0. The van der Waals surface area contributed by atoms with Crippen molar-refractivity contribution in [3.05, 3.63) is 53.1 Å². The molecule has 0 radical (unpaired) electrons. The summed E-state index contributed by atoms with van der Waals surface area (Å²) in [4.78, 5) is 12.3. The number of hydrogen-bond acceptors (Lipinski definition) is 4. The highest BCUT2D eigenvalue weighted by Crippen LogP contribution is 2.31. The van der Waals surface area contributed by atoms with Crippen LogP contribution in [-0.2, 0) is 21.2 Å². The summed E-state index contributed by atoms with van der Waals surface area (Å²) >= 11 is 6.03. The highest BCUT2D eigenvalue weighted by atomic mass is 35.5. The van der Waals surface area contributed by atoms with E-state index in [1.807, 2.05) is 24.3 Å². The Hall–Kier alpha value is -2.09. The fourth-order valence-corrected chi connectivity index (χ4v) is 5.26. The van der Waals surface area contributed by atoms with E-state index in [1.54, 1.807) is 6.07 Å². The van der Waals surface area contributed by atoms with Crippen molar-refractivity contribution in [2.75, 3.05) is 25.0 Å². The molecule has 6 nitrogen and oxygen atoms in total. The maximum absolute atomic E-state index is 12.9. The van der Waals surface area contributed by atoms with E-state index < -0.39 is 10.0 Å². The number of carbonyl (C=O) groups is 1. The van der Waals surface area contributed by atoms with Gasteiger partial charge in [-0.1, -0.05) is 37.1 Å². The molecule has 162 valence electrons. The van der Waals surface area contributed by atoms with Crippen LogP contribution in [-0.4, -0.2) is 38.3 Å². The number of amides is 1. The Morgan fingerprint density at radius 2 is 1.83 bits per heavy atom. The first-order valence-electron chi connectivity index (χ1n) is 10.2. The summed E-state index contributed by atoms with van der Waals surface area (Å²) in [7, 11) is -3.72. The summed E-state index contributed by atoms with van der Waals surface area (Å²) in [6.45, 7) is 2.80. The number of nitrogens with one attached hydrogen (secondary N) is 1. The number of carbonyl (C=O) groups excluding carboxylic acids is 1. The van der Waals surface area contributed by atoms with Crippen molar-refractivity contribution in [2.45, 2.75) is 43.9 Å². The lowest BCUT2D eigenvalue weighted by Crippen LogP contribution is -2.28. The van der Waals surface area contributed by atoms with E-state index in [2.05, 4.69) is 12.2 Å². The third kappa shape index (κ3) is 5.74. The van der Waals surface area contributed by atoms with Crippen molar-refractivity contribution >= 4 is 33.2 Å². The van der Waals surface area contributed by atoms with Crippen LogP contribution in [0.4, 0.5) is 5.69 Å². The van der Waals surface area contributed by atoms with E-state index in [9.17, 15) is 13.2 Å². The Morgan fingerprint density at radius 3 is 2.50 bits per heavy atom. The van der Waals surface area contributed by atoms with Crippen molar-refractivity contribution in [1.29, 1.82) is 0 Å². The van der Waals surface area contributed by atoms with Crippen molar-refractivity contribution in [2.24, 2.45) is 0 Å². The second-order valence-electron chi connectivity index (χ2n) is 7.34. The largest absolute Gasteiger partial charge is 0.482 e. The average Bonchev–Trinajstić information content (AvgIpc) is 3.28. The fraction of sp³-hybridized carbons (Fsp3) is 0.409. The molecule has 1 aliphatic rings. The van der Waals surface area contributed by atoms with Crippen LogP contribution in [0.1, 0.15) is 38.2 Å². The minimum atomic E-state index is -3.72. The van der Waals surface area contributed by atoms with E-state index in [-0.39, 0.29) is 23.2 Å². The summed E-state index contributed by atoms with van der Waals surface area (Å²) in [6.07, 6.45) is 4.93. The molecule has 0 bridgehead atoms. The number of benzene rings is 2. The van der Waals surface area contributed by atoms with Crippen LogP contribution in [0.25, 0.3) is 0 Å². The van der Waals surface area contributed by atoms with Gasteiger partial charge in [0.05, 0.1) is 0 Å². The first kappa shape index (κ1) is 22.6. The topological polar surface area (TPSA) is 75.7 Å². The number of rotatable bonds is 9. The molecule has 0 saturated carbocycles. The van der Waals surface area contributed by atoms with Gasteiger partial charge in [0.15, 0.2) is 6.61 Å². The van der Waals surface area contributed by atoms with E-state index in [1.165, 1.54) is 22.0 Å². The van der Waals surface area contributed by atoms with Gasteiger partial charge in [-0.25, -0.2) is 8.42 Å². The van der Waals surface area contributed by atoms with Crippen LogP contribution in [0.5, 0.6) is 5.75 Å². The van der Waals surface area contributed by atoms with Gasteiger partial charge in [0.1, 0.15) is 10.6 Å². The lowest BCUT2D eigenvalue weighted by atomic mass is 10.1. The van der Waals surface area contributed by atoms with E-state index in [0.29, 0.717) is 23.8 Å². The smallest absolute Gasteiger partial charge is 0.262 e. The zero-order valence-electron chi connectivity index (χ0n) is 17.1. The second kappa shape index (κ2) is 10.3. The van der Waals surface area contributed by atoms with Gasteiger partial charge in [-0.3, -0.25) is 4.79 Å². The molecule has 0 unspecified atom stereocenters. The zero-order chi connectivity index (χ0) is 21.6. The molecule has 8 heteroatoms. The van der Waals surface area contributed by atoms with Gasteiger partial charge >= 0.3 is 0 Å². The van der Waals surface area contributed by atoms with Gasteiger partial charge in [-0.15, -0.1) is 0 Å². The number of aryl methyl sites for hydroxylation is 1. The molecule has 1 aliphatic heterocycles. The van der Waals surface area contributed by atoms with Crippen LogP contribution < -0.4 is 10.1 Å². The van der Waals surface area contributed by atoms with E-state index >= 15 is 0 Å². The number of ether oxygens (including phenoxy) is 1. The zero-order valence-corrected chi connectivity index (χ0v) is 18.6. The Bertz CT molecular complexity index is 971. The molecule has 2 aromatic rings. The van der Waals surface area contributed by atoms with Crippen LogP contribution >= 0.6 is 11.6 Å². The summed E-state index contributed by atoms with van der Waals surface area (Å²) in [5, 5.41) is 3.07.